The van der Waals surface area contributed by atoms with E-state index in [1.54, 1.807) is 0 Å². The summed E-state index contributed by atoms with van der Waals surface area (Å²) in [6.07, 6.45) is 6.24. The van der Waals surface area contributed by atoms with Gasteiger partial charge in [-0.05, 0) is 49.1 Å². The number of carboxylic acids is 1. The molecule has 5 heteroatoms. The fourth-order valence-corrected chi connectivity index (χ4v) is 2.16. The summed E-state index contributed by atoms with van der Waals surface area (Å²) in [6.45, 7) is 0. The molecule has 0 atom stereocenters. The molecule has 4 nitrogen and oxygen atoms in total. The van der Waals surface area contributed by atoms with Crippen molar-refractivity contribution in [3.63, 3.8) is 0 Å². The zero-order valence-electron chi connectivity index (χ0n) is 14.0. The van der Waals surface area contributed by atoms with E-state index in [1.807, 2.05) is 73.1 Å². The lowest BCUT2D eigenvalue weighted by Crippen LogP contribution is -1.96. The number of anilines is 1. The maximum Gasteiger partial charge on any atom is 0.303 e. The minimum Gasteiger partial charge on any atom is -0.481 e. The third-order valence-corrected chi connectivity index (χ3v) is 3.44. The SMILES string of the molecule is Cl.O=C(O)CCCCC(C=Nc1ccccc1)=CNc1ccccc1. The topological polar surface area (TPSA) is 61.7 Å². The molecule has 0 heterocycles. The summed E-state index contributed by atoms with van der Waals surface area (Å²) >= 11 is 0. The molecular formula is C20H23ClN2O2. The van der Waals surface area contributed by atoms with Crippen LogP contribution in [0.4, 0.5) is 11.4 Å². The Morgan fingerprint density at radius 2 is 1.56 bits per heavy atom. The van der Waals surface area contributed by atoms with Crippen molar-refractivity contribution in [3.05, 3.63) is 72.4 Å². The molecule has 0 unspecified atom stereocenters. The van der Waals surface area contributed by atoms with Crippen LogP contribution in [0.25, 0.3) is 0 Å². The highest BCUT2D eigenvalue weighted by atomic mass is 35.5. The fraction of sp³-hybridized carbons (Fsp3) is 0.200. The normalized spacial score (nSPS) is 11.1. The number of unbranched alkanes of at least 4 members (excludes halogenated alkanes) is 1. The van der Waals surface area contributed by atoms with E-state index in [0.29, 0.717) is 6.42 Å². The first-order valence-electron chi connectivity index (χ1n) is 8.05. The van der Waals surface area contributed by atoms with Gasteiger partial charge in [-0.3, -0.25) is 9.79 Å². The molecule has 0 bridgehead atoms. The number of allylic oxidation sites excluding steroid dienone is 1. The lowest BCUT2D eigenvalue weighted by molar-refractivity contribution is -0.137. The number of aliphatic imine (C=N–C) groups is 1. The Morgan fingerprint density at radius 3 is 2.20 bits per heavy atom. The van der Waals surface area contributed by atoms with E-state index in [-0.39, 0.29) is 18.8 Å². The third kappa shape index (κ3) is 8.72. The van der Waals surface area contributed by atoms with E-state index in [9.17, 15) is 4.79 Å². The molecule has 0 aliphatic heterocycles. The second-order valence-corrected chi connectivity index (χ2v) is 5.42. The molecule has 0 aliphatic rings. The standard InChI is InChI=1S/C20H22N2O2.ClH/c23-20(24)14-8-7-9-17(15-21-18-10-3-1-4-11-18)16-22-19-12-5-2-6-13-19;/h1-6,10-13,15-16,21H,7-9,14H2,(H,23,24);1H. The number of carbonyl (C=O) groups is 1. The van der Waals surface area contributed by atoms with Crippen molar-refractivity contribution >= 4 is 36.0 Å². The van der Waals surface area contributed by atoms with E-state index in [0.717, 1.165) is 29.8 Å². The van der Waals surface area contributed by atoms with Crippen molar-refractivity contribution in [3.8, 4) is 0 Å². The molecule has 0 saturated heterocycles. The fourth-order valence-electron chi connectivity index (χ4n) is 2.16. The van der Waals surface area contributed by atoms with Crippen molar-refractivity contribution in [2.45, 2.75) is 25.7 Å². The summed E-state index contributed by atoms with van der Waals surface area (Å²) in [5.74, 6) is -0.749. The Kier molecular flexibility index (Phi) is 9.71. The molecule has 25 heavy (non-hydrogen) atoms. The van der Waals surface area contributed by atoms with Crippen LogP contribution in [0.2, 0.25) is 0 Å². The Morgan fingerprint density at radius 1 is 0.960 bits per heavy atom. The van der Waals surface area contributed by atoms with Gasteiger partial charge in [0.25, 0.3) is 0 Å². The number of rotatable bonds is 9. The molecule has 0 amide bonds. The number of aliphatic carboxylic acids is 1. The van der Waals surface area contributed by atoms with Crippen LogP contribution in [0, 0.1) is 0 Å². The zero-order valence-corrected chi connectivity index (χ0v) is 14.8. The highest BCUT2D eigenvalue weighted by molar-refractivity contribution is 5.85. The zero-order chi connectivity index (χ0) is 17.0. The third-order valence-electron chi connectivity index (χ3n) is 3.44. The average molecular weight is 359 g/mol. The second kappa shape index (κ2) is 11.9. The van der Waals surface area contributed by atoms with Gasteiger partial charge in [-0.25, -0.2) is 0 Å². The highest BCUT2D eigenvalue weighted by Crippen LogP contribution is 2.14. The maximum absolute atomic E-state index is 10.6. The minimum absolute atomic E-state index is 0. The molecular weight excluding hydrogens is 336 g/mol. The van der Waals surface area contributed by atoms with Crippen LogP contribution in [0.1, 0.15) is 25.7 Å². The van der Waals surface area contributed by atoms with Gasteiger partial charge < -0.3 is 10.4 Å². The molecule has 2 aromatic carbocycles. The largest absolute Gasteiger partial charge is 0.481 e. The van der Waals surface area contributed by atoms with Gasteiger partial charge in [0.2, 0.25) is 0 Å². The predicted molar refractivity (Wildman–Crippen MR) is 106 cm³/mol. The number of hydrogen-bond donors (Lipinski definition) is 2. The number of nitrogens with zero attached hydrogens (tertiary/aromatic N) is 1. The van der Waals surface area contributed by atoms with Crippen LogP contribution < -0.4 is 5.32 Å². The van der Waals surface area contributed by atoms with Crippen LogP contribution in [-0.4, -0.2) is 17.3 Å². The van der Waals surface area contributed by atoms with Crippen molar-refractivity contribution in [1.82, 2.24) is 0 Å². The van der Waals surface area contributed by atoms with Gasteiger partial charge in [0.05, 0.1) is 5.69 Å². The van der Waals surface area contributed by atoms with Crippen molar-refractivity contribution in [2.24, 2.45) is 4.99 Å². The first-order valence-corrected chi connectivity index (χ1v) is 8.05. The Labute approximate surface area is 154 Å². The lowest BCUT2D eigenvalue weighted by atomic mass is 10.1. The molecule has 0 saturated carbocycles. The van der Waals surface area contributed by atoms with Crippen molar-refractivity contribution < 1.29 is 9.90 Å². The Bertz CT molecular complexity index is 685. The van der Waals surface area contributed by atoms with Gasteiger partial charge in [-0.1, -0.05) is 36.4 Å². The summed E-state index contributed by atoms with van der Waals surface area (Å²) in [5.41, 5.74) is 2.94. The van der Waals surface area contributed by atoms with Gasteiger partial charge in [0, 0.05) is 24.5 Å². The molecule has 0 spiro atoms. The first-order chi connectivity index (χ1) is 11.7. The number of nitrogens with one attached hydrogen (secondary N) is 1. The summed E-state index contributed by atoms with van der Waals surface area (Å²) < 4.78 is 0. The summed E-state index contributed by atoms with van der Waals surface area (Å²) in [7, 11) is 0. The molecule has 2 aromatic rings. The maximum atomic E-state index is 10.6. The van der Waals surface area contributed by atoms with Gasteiger partial charge in [-0.2, -0.15) is 0 Å². The van der Waals surface area contributed by atoms with Gasteiger partial charge in [0.15, 0.2) is 0 Å². The van der Waals surface area contributed by atoms with E-state index >= 15 is 0 Å². The predicted octanol–water partition coefficient (Wildman–Crippen LogP) is 5.45. The number of halogens is 1. The number of para-hydroxylation sites is 2. The van der Waals surface area contributed by atoms with E-state index in [2.05, 4.69) is 10.3 Å². The van der Waals surface area contributed by atoms with Crippen molar-refractivity contribution in [1.29, 1.82) is 0 Å². The average Bonchev–Trinajstić information content (AvgIpc) is 2.62. The monoisotopic (exact) mass is 358 g/mol. The van der Waals surface area contributed by atoms with Crippen LogP contribution in [-0.2, 0) is 4.79 Å². The molecule has 2 N–H and O–H groups in total. The van der Waals surface area contributed by atoms with Crippen LogP contribution in [0.15, 0.2) is 77.4 Å². The van der Waals surface area contributed by atoms with Crippen molar-refractivity contribution in [2.75, 3.05) is 5.32 Å². The Balaban J connectivity index is 0.00000312. The lowest BCUT2D eigenvalue weighted by Gasteiger charge is -2.05. The molecule has 0 aromatic heterocycles. The molecule has 0 fully saturated rings. The second-order valence-electron chi connectivity index (χ2n) is 5.42. The Hall–Kier alpha value is -2.59. The summed E-state index contributed by atoms with van der Waals surface area (Å²) in [6, 6.07) is 19.7. The quantitative estimate of drug-likeness (QED) is 0.462. The van der Waals surface area contributed by atoms with E-state index < -0.39 is 5.97 Å². The number of carboxylic acid groups (broad SMARTS) is 1. The van der Waals surface area contributed by atoms with E-state index in [4.69, 9.17) is 5.11 Å². The highest BCUT2D eigenvalue weighted by Gasteiger charge is 1.99. The van der Waals surface area contributed by atoms with E-state index in [1.165, 1.54) is 0 Å². The van der Waals surface area contributed by atoms with Crippen LogP contribution >= 0.6 is 12.4 Å². The smallest absolute Gasteiger partial charge is 0.303 e. The first kappa shape index (κ1) is 20.5. The minimum atomic E-state index is -0.749. The molecule has 0 radical (unpaired) electrons. The molecule has 132 valence electrons. The molecule has 2 rings (SSSR count). The van der Waals surface area contributed by atoms with Gasteiger partial charge in [0.1, 0.15) is 0 Å². The summed E-state index contributed by atoms with van der Waals surface area (Å²) in [5, 5.41) is 12.0. The van der Waals surface area contributed by atoms with Gasteiger partial charge >= 0.3 is 5.97 Å². The summed E-state index contributed by atoms with van der Waals surface area (Å²) in [4.78, 5) is 15.1. The van der Waals surface area contributed by atoms with Crippen LogP contribution in [0.3, 0.4) is 0 Å². The van der Waals surface area contributed by atoms with Gasteiger partial charge in [-0.15, -0.1) is 12.4 Å². The molecule has 0 aliphatic carbocycles. The number of hydrogen-bond acceptors (Lipinski definition) is 3. The number of benzene rings is 2. The van der Waals surface area contributed by atoms with Crippen LogP contribution in [0.5, 0.6) is 0 Å².